The smallest absolute Gasteiger partial charge is 0.119 e. The minimum Gasteiger partial charge on any atom is -0.490 e. The minimum absolute atomic E-state index is 0.241. The van der Waals surface area contributed by atoms with E-state index in [-0.39, 0.29) is 5.41 Å². The van der Waals surface area contributed by atoms with Gasteiger partial charge in [-0.3, -0.25) is 0 Å². The molecule has 1 aromatic rings. The first-order chi connectivity index (χ1) is 9.21. The summed E-state index contributed by atoms with van der Waals surface area (Å²) in [6.07, 6.45) is 9.12. The number of ether oxygens (including phenoxy) is 1. The zero-order chi connectivity index (χ0) is 13.3. The zero-order valence-corrected chi connectivity index (χ0v) is 13.4. The molecule has 0 bridgehead atoms. The van der Waals surface area contributed by atoms with Crippen molar-refractivity contribution < 1.29 is 4.74 Å². The predicted octanol–water partition coefficient (Wildman–Crippen LogP) is 5.55. The van der Waals surface area contributed by atoms with Crippen LogP contribution in [0.15, 0.2) is 28.7 Å². The van der Waals surface area contributed by atoms with E-state index >= 15 is 0 Å². The summed E-state index contributed by atoms with van der Waals surface area (Å²) in [6.45, 7) is 0. The second kappa shape index (κ2) is 5.65. The minimum atomic E-state index is 0.241. The molecule has 1 nitrogen and oxygen atoms in total. The molecule has 0 N–H and O–H groups in total. The molecule has 19 heavy (non-hydrogen) atoms. The van der Waals surface area contributed by atoms with Gasteiger partial charge in [0, 0.05) is 21.7 Å². The maximum Gasteiger partial charge on any atom is 0.119 e. The molecule has 2 fully saturated rings. The first kappa shape index (κ1) is 13.8. The van der Waals surface area contributed by atoms with Crippen LogP contribution in [0.2, 0.25) is 0 Å². The van der Waals surface area contributed by atoms with Crippen LogP contribution in [0.1, 0.15) is 44.9 Å². The third-order valence-electron chi connectivity index (χ3n) is 4.81. The molecule has 0 saturated heterocycles. The van der Waals surface area contributed by atoms with Gasteiger partial charge in [0.15, 0.2) is 0 Å². The summed E-state index contributed by atoms with van der Waals surface area (Å²) in [4.78, 5) is 0. The maximum atomic E-state index is 6.56. The molecular formula is C16H20BrClO. The Bertz CT molecular complexity index is 423. The molecule has 2 atom stereocenters. The molecule has 2 saturated carbocycles. The van der Waals surface area contributed by atoms with E-state index in [9.17, 15) is 0 Å². The fourth-order valence-electron chi connectivity index (χ4n) is 3.56. The summed E-state index contributed by atoms with van der Waals surface area (Å²) in [5, 5.41) is 0.311. The van der Waals surface area contributed by atoms with Gasteiger partial charge in [-0.25, -0.2) is 0 Å². The number of hydrogen-bond acceptors (Lipinski definition) is 1. The topological polar surface area (TPSA) is 9.23 Å². The van der Waals surface area contributed by atoms with E-state index in [1.807, 2.05) is 24.3 Å². The maximum absolute atomic E-state index is 6.56. The summed E-state index contributed by atoms with van der Waals surface area (Å²) in [5.74, 6) is 0.973. The third kappa shape index (κ3) is 2.67. The van der Waals surface area contributed by atoms with E-state index in [0.717, 1.165) is 16.6 Å². The number of hydrogen-bond donors (Lipinski definition) is 0. The van der Waals surface area contributed by atoms with Gasteiger partial charge in [0.05, 0.1) is 0 Å². The first-order valence-corrected chi connectivity index (χ1v) is 8.50. The van der Waals surface area contributed by atoms with Gasteiger partial charge in [0.25, 0.3) is 0 Å². The summed E-state index contributed by atoms with van der Waals surface area (Å²) in [5.41, 5.74) is 0.241. The van der Waals surface area contributed by atoms with Crippen LogP contribution >= 0.6 is 27.5 Å². The molecule has 1 aromatic carbocycles. The van der Waals surface area contributed by atoms with Crippen LogP contribution in [-0.2, 0) is 0 Å². The van der Waals surface area contributed by atoms with Gasteiger partial charge >= 0.3 is 0 Å². The van der Waals surface area contributed by atoms with Crippen molar-refractivity contribution in [2.75, 3.05) is 0 Å². The fraction of sp³-hybridized carbons (Fsp3) is 0.625. The monoisotopic (exact) mass is 342 g/mol. The van der Waals surface area contributed by atoms with Crippen molar-refractivity contribution in [3.8, 4) is 5.75 Å². The van der Waals surface area contributed by atoms with Crippen LogP contribution in [0.4, 0.5) is 0 Å². The van der Waals surface area contributed by atoms with Gasteiger partial charge in [-0.1, -0.05) is 41.6 Å². The van der Waals surface area contributed by atoms with Gasteiger partial charge in [0.1, 0.15) is 11.9 Å². The molecule has 104 valence electrons. The standard InChI is InChI=1S/C16H20BrClO/c17-12-5-7-13(8-6-12)19-15-11-14(18)16(15)9-3-1-2-4-10-16/h5-8,14-15H,1-4,9-11H2. The lowest BCUT2D eigenvalue weighted by molar-refractivity contribution is -0.0512. The lowest BCUT2D eigenvalue weighted by Crippen LogP contribution is -2.57. The Labute approximate surface area is 128 Å². The van der Waals surface area contributed by atoms with Crippen LogP contribution in [-0.4, -0.2) is 11.5 Å². The number of halogens is 2. The Morgan fingerprint density at radius 1 is 1.05 bits per heavy atom. The van der Waals surface area contributed by atoms with Gasteiger partial charge in [-0.05, 0) is 37.1 Å². The van der Waals surface area contributed by atoms with Crippen LogP contribution in [0.3, 0.4) is 0 Å². The Kier molecular flexibility index (Phi) is 4.09. The molecule has 2 unspecified atom stereocenters. The van der Waals surface area contributed by atoms with Gasteiger partial charge in [-0.15, -0.1) is 11.6 Å². The second-order valence-electron chi connectivity index (χ2n) is 5.91. The number of benzene rings is 1. The molecule has 0 heterocycles. The largest absolute Gasteiger partial charge is 0.490 e. The van der Waals surface area contributed by atoms with Crippen molar-refractivity contribution in [1.82, 2.24) is 0 Å². The van der Waals surface area contributed by atoms with Crippen molar-refractivity contribution in [3.05, 3.63) is 28.7 Å². The summed E-state index contributed by atoms with van der Waals surface area (Å²) in [6, 6.07) is 8.14. The van der Waals surface area contributed by atoms with Crippen molar-refractivity contribution in [3.63, 3.8) is 0 Å². The van der Waals surface area contributed by atoms with Crippen LogP contribution < -0.4 is 4.74 Å². The van der Waals surface area contributed by atoms with E-state index in [1.165, 1.54) is 38.5 Å². The predicted molar refractivity (Wildman–Crippen MR) is 83.0 cm³/mol. The Morgan fingerprint density at radius 2 is 1.68 bits per heavy atom. The lowest BCUT2D eigenvalue weighted by Gasteiger charge is -2.53. The summed E-state index contributed by atoms with van der Waals surface area (Å²) < 4.78 is 7.31. The Balaban J connectivity index is 1.72. The SMILES string of the molecule is ClC1CC(Oc2ccc(Br)cc2)C12CCCCCC2. The van der Waals surface area contributed by atoms with E-state index in [0.29, 0.717) is 11.5 Å². The van der Waals surface area contributed by atoms with E-state index in [2.05, 4.69) is 15.9 Å². The normalized spacial score (nSPS) is 29.6. The van der Waals surface area contributed by atoms with E-state index < -0.39 is 0 Å². The molecule has 0 aromatic heterocycles. The van der Waals surface area contributed by atoms with Crippen molar-refractivity contribution in [1.29, 1.82) is 0 Å². The molecule has 3 heteroatoms. The van der Waals surface area contributed by atoms with Crippen LogP contribution in [0.5, 0.6) is 5.75 Å². The van der Waals surface area contributed by atoms with Crippen molar-refractivity contribution in [2.45, 2.75) is 56.4 Å². The zero-order valence-electron chi connectivity index (χ0n) is 11.1. The first-order valence-electron chi connectivity index (χ1n) is 7.27. The molecule has 0 amide bonds. The quantitative estimate of drug-likeness (QED) is 0.640. The van der Waals surface area contributed by atoms with Crippen LogP contribution in [0.25, 0.3) is 0 Å². The van der Waals surface area contributed by atoms with Gasteiger partial charge < -0.3 is 4.74 Å². The highest BCUT2D eigenvalue weighted by molar-refractivity contribution is 9.10. The van der Waals surface area contributed by atoms with Crippen LogP contribution in [0, 0.1) is 5.41 Å². The highest BCUT2D eigenvalue weighted by Gasteiger charge is 2.55. The van der Waals surface area contributed by atoms with E-state index in [4.69, 9.17) is 16.3 Å². The van der Waals surface area contributed by atoms with Crippen molar-refractivity contribution >= 4 is 27.5 Å². The molecular weight excluding hydrogens is 324 g/mol. The molecule has 2 aliphatic carbocycles. The average Bonchev–Trinajstić information content (AvgIpc) is 2.68. The van der Waals surface area contributed by atoms with Crippen molar-refractivity contribution in [2.24, 2.45) is 5.41 Å². The lowest BCUT2D eigenvalue weighted by atomic mass is 9.61. The van der Waals surface area contributed by atoms with Gasteiger partial charge in [-0.2, -0.15) is 0 Å². The molecule has 1 spiro atoms. The Morgan fingerprint density at radius 3 is 2.26 bits per heavy atom. The number of rotatable bonds is 2. The highest BCUT2D eigenvalue weighted by atomic mass is 79.9. The highest BCUT2D eigenvalue weighted by Crippen LogP contribution is 2.54. The second-order valence-corrected chi connectivity index (χ2v) is 7.35. The van der Waals surface area contributed by atoms with Gasteiger partial charge in [0.2, 0.25) is 0 Å². The summed E-state index contributed by atoms with van der Waals surface area (Å²) in [7, 11) is 0. The number of alkyl halides is 1. The summed E-state index contributed by atoms with van der Waals surface area (Å²) >= 11 is 10.0. The third-order valence-corrected chi connectivity index (χ3v) is 5.95. The molecule has 2 aliphatic rings. The molecule has 0 radical (unpaired) electrons. The Hall–Kier alpha value is -0.210. The average molecular weight is 344 g/mol. The van der Waals surface area contributed by atoms with E-state index in [1.54, 1.807) is 0 Å². The molecule has 0 aliphatic heterocycles. The fourth-order valence-corrected chi connectivity index (χ4v) is 4.35. The molecule has 3 rings (SSSR count).